The van der Waals surface area contributed by atoms with Crippen LogP contribution < -0.4 is 0 Å². The number of rotatable bonds is 3. The van der Waals surface area contributed by atoms with Gasteiger partial charge in [-0.15, -0.1) is 0 Å². The molecule has 0 bridgehead atoms. The highest BCUT2D eigenvalue weighted by molar-refractivity contribution is 5.98. The fourth-order valence-corrected chi connectivity index (χ4v) is 3.30. The second-order valence-corrected chi connectivity index (χ2v) is 5.02. The largest absolute Gasteiger partial charge is 0.481 e. The van der Waals surface area contributed by atoms with Gasteiger partial charge in [0.25, 0.3) is 0 Å². The second kappa shape index (κ2) is 2.81. The first-order valence-electron chi connectivity index (χ1n) is 5.26. The molecule has 0 aromatic heterocycles. The van der Waals surface area contributed by atoms with Gasteiger partial charge in [-0.25, -0.2) is 0 Å². The molecule has 3 atom stereocenters. The van der Waals surface area contributed by atoms with Gasteiger partial charge in [0.15, 0.2) is 0 Å². The number of Topliss-reactive ketones (excluding diaryl/α,β-unsaturated/α-hetero) is 1. The van der Waals surface area contributed by atoms with Gasteiger partial charge in [0, 0.05) is 11.8 Å². The number of carbonyl (C=O) groups excluding carboxylic acids is 1. The standard InChI is InChI=1S/C11H16O3/c1-6(2)5-11-7(3-4-8(11)12)9(11)10(13)14/h6-7,9H,3-5H2,1-2H3,(H,13,14)/t7-,9-,11-/m1/s1. The molecular weight excluding hydrogens is 180 g/mol. The first-order valence-corrected chi connectivity index (χ1v) is 5.26. The number of carbonyl (C=O) groups is 2. The van der Waals surface area contributed by atoms with E-state index in [4.69, 9.17) is 5.11 Å². The molecule has 0 radical (unpaired) electrons. The van der Waals surface area contributed by atoms with Gasteiger partial charge in [0.2, 0.25) is 0 Å². The van der Waals surface area contributed by atoms with E-state index in [0.717, 1.165) is 12.8 Å². The third-order valence-electron chi connectivity index (χ3n) is 3.72. The van der Waals surface area contributed by atoms with Crippen LogP contribution in [0.5, 0.6) is 0 Å². The Morgan fingerprint density at radius 3 is 2.71 bits per heavy atom. The molecule has 2 saturated carbocycles. The Hall–Kier alpha value is -0.860. The summed E-state index contributed by atoms with van der Waals surface area (Å²) in [4.78, 5) is 22.7. The summed E-state index contributed by atoms with van der Waals surface area (Å²) in [5.41, 5.74) is -0.458. The van der Waals surface area contributed by atoms with E-state index in [1.807, 2.05) is 0 Å². The van der Waals surface area contributed by atoms with Crippen molar-refractivity contribution >= 4 is 11.8 Å². The number of carboxylic acid groups (broad SMARTS) is 1. The van der Waals surface area contributed by atoms with Gasteiger partial charge in [0.05, 0.1) is 5.92 Å². The van der Waals surface area contributed by atoms with Crippen LogP contribution >= 0.6 is 0 Å². The third-order valence-corrected chi connectivity index (χ3v) is 3.72. The number of carboxylic acids is 1. The maximum absolute atomic E-state index is 11.7. The molecule has 3 heteroatoms. The van der Waals surface area contributed by atoms with Crippen molar-refractivity contribution in [3.05, 3.63) is 0 Å². The van der Waals surface area contributed by atoms with Gasteiger partial charge in [0.1, 0.15) is 5.78 Å². The number of fused-ring (bicyclic) bond motifs is 1. The molecule has 2 rings (SSSR count). The van der Waals surface area contributed by atoms with Crippen LogP contribution in [0.4, 0.5) is 0 Å². The lowest BCUT2D eigenvalue weighted by Crippen LogP contribution is -2.21. The molecule has 0 heterocycles. The predicted octanol–water partition coefficient (Wildman–Crippen LogP) is 1.71. The summed E-state index contributed by atoms with van der Waals surface area (Å²) >= 11 is 0. The Bertz CT molecular complexity index is 295. The quantitative estimate of drug-likeness (QED) is 0.747. The fraction of sp³-hybridized carbons (Fsp3) is 0.818. The van der Waals surface area contributed by atoms with E-state index >= 15 is 0 Å². The first kappa shape index (κ1) is 9.69. The molecule has 0 saturated heterocycles. The summed E-state index contributed by atoms with van der Waals surface area (Å²) < 4.78 is 0. The minimum atomic E-state index is -0.774. The van der Waals surface area contributed by atoms with E-state index in [1.54, 1.807) is 0 Å². The van der Waals surface area contributed by atoms with E-state index in [1.165, 1.54) is 0 Å². The zero-order chi connectivity index (χ0) is 10.5. The Morgan fingerprint density at radius 2 is 2.29 bits per heavy atom. The number of hydrogen-bond donors (Lipinski definition) is 1. The van der Waals surface area contributed by atoms with E-state index < -0.39 is 11.4 Å². The van der Waals surface area contributed by atoms with Crippen LogP contribution in [0, 0.1) is 23.2 Å². The number of hydrogen-bond acceptors (Lipinski definition) is 2. The van der Waals surface area contributed by atoms with Crippen molar-refractivity contribution in [1.82, 2.24) is 0 Å². The van der Waals surface area contributed by atoms with Crippen LogP contribution in [0.1, 0.15) is 33.1 Å². The zero-order valence-electron chi connectivity index (χ0n) is 8.62. The highest BCUT2D eigenvalue weighted by Crippen LogP contribution is 2.69. The summed E-state index contributed by atoms with van der Waals surface area (Å²) in [5, 5.41) is 9.00. The molecule has 0 spiro atoms. The van der Waals surface area contributed by atoms with Crippen molar-refractivity contribution in [2.24, 2.45) is 23.2 Å². The molecule has 14 heavy (non-hydrogen) atoms. The minimum absolute atomic E-state index is 0.148. The molecule has 0 aliphatic heterocycles. The smallest absolute Gasteiger partial charge is 0.307 e. The Labute approximate surface area is 83.5 Å². The number of ketones is 1. The van der Waals surface area contributed by atoms with Crippen molar-refractivity contribution in [2.75, 3.05) is 0 Å². The number of aliphatic carboxylic acids is 1. The SMILES string of the molecule is CC(C)C[C@]12C(=O)CC[C@@H]1[C@@H]2C(=O)O. The highest BCUT2D eigenvalue weighted by Gasteiger charge is 2.74. The Morgan fingerprint density at radius 1 is 1.64 bits per heavy atom. The summed E-state index contributed by atoms with van der Waals surface area (Å²) in [6.45, 7) is 4.10. The second-order valence-electron chi connectivity index (χ2n) is 5.02. The van der Waals surface area contributed by atoms with Crippen LogP contribution in [0.15, 0.2) is 0 Å². The molecule has 1 N–H and O–H groups in total. The minimum Gasteiger partial charge on any atom is -0.481 e. The van der Waals surface area contributed by atoms with Crippen LogP contribution in [-0.2, 0) is 9.59 Å². The van der Waals surface area contributed by atoms with Crippen molar-refractivity contribution in [3.63, 3.8) is 0 Å². The van der Waals surface area contributed by atoms with Gasteiger partial charge in [-0.2, -0.15) is 0 Å². The van der Waals surface area contributed by atoms with Gasteiger partial charge in [-0.05, 0) is 24.7 Å². The van der Waals surface area contributed by atoms with Crippen molar-refractivity contribution in [3.8, 4) is 0 Å². The molecule has 3 nitrogen and oxygen atoms in total. The lowest BCUT2D eigenvalue weighted by Gasteiger charge is -2.14. The average molecular weight is 196 g/mol. The molecule has 0 aromatic rings. The first-order chi connectivity index (χ1) is 6.50. The zero-order valence-corrected chi connectivity index (χ0v) is 8.62. The summed E-state index contributed by atoms with van der Waals surface area (Å²) in [5.74, 6) is -0.391. The Balaban J connectivity index is 2.21. The summed E-state index contributed by atoms with van der Waals surface area (Å²) in [7, 11) is 0. The molecule has 2 fully saturated rings. The summed E-state index contributed by atoms with van der Waals surface area (Å²) in [6, 6.07) is 0. The lowest BCUT2D eigenvalue weighted by atomic mass is 9.88. The van der Waals surface area contributed by atoms with Crippen molar-refractivity contribution in [1.29, 1.82) is 0 Å². The monoisotopic (exact) mass is 196 g/mol. The maximum atomic E-state index is 11.7. The van der Waals surface area contributed by atoms with Crippen molar-refractivity contribution < 1.29 is 14.7 Å². The highest BCUT2D eigenvalue weighted by atomic mass is 16.4. The molecule has 0 aromatic carbocycles. The molecule has 0 amide bonds. The summed E-state index contributed by atoms with van der Waals surface area (Å²) in [6.07, 6.45) is 2.15. The fourth-order valence-electron chi connectivity index (χ4n) is 3.30. The predicted molar refractivity (Wildman–Crippen MR) is 50.7 cm³/mol. The van der Waals surface area contributed by atoms with Crippen LogP contribution in [0.3, 0.4) is 0 Å². The topological polar surface area (TPSA) is 54.4 Å². The molecular formula is C11H16O3. The van der Waals surface area contributed by atoms with E-state index in [-0.39, 0.29) is 17.6 Å². The molecule has 0 unspecified atom stereocenters. The van der Waals surface area contributed by atoms with Crippen molar-refractivity contribution in [2.45, 2.75) is 33.1 Å². The van der Waals surface area contributed by atoms with Crippen LogP contribution in [0.2, 0.25) is 0 Å². The van der Waals surface area contributed by atoms with Gasteiger partial charge in [-0.3, -0.25) is 9.59 Å². The third kappa shape index (κ3) is 1.04. The average Bonchev–Trinajstić information content (AvgIpc) is 2.59. The van der Waals surface area contributed by atoms with E-state index in [9.17, 15) is 9.59 Å². The van der Waals surface area contributed by atoms with Gasteiger partial charge >= 0.3 is 5.97 Å². The maximum Gasteiger partial charge on any atom is 0.307 e. The van der Waals surface area contributed by atoms with E-state index in [0.29, 0.717) is 12.3 Å². The van der Waals surface area contributed by atoms with Gasteiger partial charge in [-0.1, -0.05) is 13.8 Å². The normalized spacial score (nSPS) is 40.1. The lowest BCUT2D eigenvalue weighted by molar-refractivity contribution is -0.142. The van der Waals surface area contributed by atoms with Crippen LogP contribution in [0.25, 0.3) is 0 Å². The molecule has 2 aliphatic rings. The molecule has 2 aliphatic carbocycles. The molecule has 78 valence electrons. The Kier molecular flexibility index (Phi) is 1.95. The van der Waals surface area contributed by atoms with Gasteiger partial charge < -0.3 is 5.11 Å². The van der Waals surface area contributed by atoms with Crippen LogP contribution in [-0.4, -0.2) is 16.9 Å². The van der Waals surface area contributed by atoms with E-state index in [2.05, 4.69) is 13.8 Å².